The highest BCUT2D eigenvalue weighted by molar-refractivity contribution is 9.10. The zero-order valence-corrected chi connectivity index (χ0v) is 19.5. The maximum absolute atomic E-state index is 13.3. The molecule has 3 aromatic rings. The fraction of sp³-hybridized carbons (Fsp3) is 0.179. The largest absolute Gasteiger partial charge is 0.290 e. The molecule has 3 aromatic carbocycles. The molecular formula is C28H26BrNO. The lowest BCUT2D eigenvalue weighted by Crippen LogP contribution is -2.37. The molecule has 0 bridgehead atoms. The van der Waals surface area contributed by atoms with Crippen LogP contribution in [0.3, 0.4) is 0 Å². The van der Waals surface area contributed by atoms with Crippen LogP contribution in [0.25, 0.3) is 12.2 Å². The number of carbonyl (C=O) groups excluding carboxylic acids is 1. The van der Waals surface area contributed by atoms with E-state index in [-0.39, 0.29) is 5.78 Å². The van der Waals surface area contributed by atoms with Crippen LogP contribution in [0.2, 0.25) is 0 Å². The van der Waals surface area contributed by atoms with Crippen LogP contribution in [0.1, 0.15) is 27.8 Å². The van der Waals surface area contributed by atoms with Gasteiger partial charge in [0.15, 0.2) is 5.78 Å². The van der Waals surface area contributed by atoms with E-state index in [1.54, 1.807) is 0 Å². The minimum atomic E-state index is 0.146. The Hall–Kier alpha value is -2.75. The summed E-state index contributed by atoms with van der Waals surface area (Å²) < 4.78 is 1.07. The molecule has 1 aliphatic heterocycles. The van der Waals surface area contributed by atoms with Gasteiger partial charge in [-0.15, -0.1) is 0 Å². The van der Waals surface area contributed by atoms with Crippen LogP contribution in [0.5, 0.6) is 0 Å². The lowest BCUT2D eigenvalue weighted by molar-refractivity contribution is -0.113. The van der Waals surface area contributed by atoms with Crippen molar-refractivity contribution in [2.45, 2.75) is 20.4 Å². The number of ketones is 1. The maximum Gasteiger partial charge on any atom is 0.187 e. The molecule has 1 saturated heterocycles. The van der Waals surface area contributed by atoms with E-state index in [1.807, 2.05) is 12.2 Å². The molecule has 0 radical (unpaired) electrons. The Kier molecular flexibility index (Phi) is 6.64. The number of hydrogen-bond donors (Lipinski definition) is 0. The molecule has 3 heteroatoms. The highest BCUT2D eigenvalue weighted by Gasteiger charge is 2.26. The van der Waals surface area contributed by atoms with Gasteiger partial charge in [0.25, 0.3) is 0 Å². The van der Waals surface area contributed by atoms with Gasteiger partial charge >= 0.3 is 0 Å². The summed E-state index contributed by atoms with van der Waals surface area (Å²) in [5.41, 5.74) is 7.48. The highest BCUT2D eigenvalue weighted by atomic mass is 79.9. The Labute approximate surface area is 193 Å². The second-order valence-corrected chi connectivity index (χ2v) is 9.18. The van der Waals surface area contributed by atoms with Crippen molar-refractivity contribution >= 4 is 33.9 Å². The van der Waals surface area contributed by atoms with Gasteiger partial charge in [-0.3, -0.25) is 9.69 Å². The second-order valence-electron chi connectivity index (χ2n) is 8.26. The van der Waals surface area contributed by atoms with Crippen molar-refractivity contribution in [1.29, 1.82) is 0 Å². The van der Waals surface area contributed by atoms with E-state index in [9.17, 15) is 4.79 Å². The van der Waals surface area contributed by atoms with Gasteiger partial charge in [-0.2, -0.15) is 0 Å². The van der Waals surface area contributed by atoms with Crippen molar-refractivity contribution in [3.8, 4) is 0 Å². The van der Waals surface area contributed by atoms with E-state index in [4.69, 9.17) is 0 Å². The molecule has 4 rings (SSSR count). The Morgan fingerprint density at radius 2 is 1.19 bits per heavy atom. The molecule has 0 aromatic heterocycles. The maximum atomic E-state index is 13.3. The fourth-order valence-corrected chi connectivity index (χ4v) is 4.06. The fourth-order valence-electron chi connectivity index (χ4n) is 3.80. The van der Waals surface area contributed by atoms with Crippen LogP contribution in [0.15, 0.2) is 88.4 Å². The molecule has 1 fully saturated rings. The number of carbonyl (C=O) groups is 1. The molecule has 0 amide bonds. The molecule has 156 valence electrons. The van der Waals surface area contributed by atoms with Crippen molar-refractivity contribution < 1.29 is 4.79 Å². The first-order valence-electron chi connectivity index (χ1n) is 10.5. The number of likely N-dealkylation sites (tertiary alicyclic amines) is 1. The summed E-state index contributed by atoms with van der Waals surface area (Å²) in [6.45, 7) is 6.25. The van der Waals surface area contributed by atoms with Crippen molar-refractivity contribution in [3.63, 3.8) is 0 Å². The first kappa shape index (κ1) is 21.5. The number of halogens is 1. The van der Waals surface area contributed by atoms with Crippen LogP contribution in [-0.2, 0) is 11.3 Å². The van der Waals surface area contributed by atoms with E-state index in [1.165, 1.54) is 16.7 Å². The zero-order valence-electron chi connectivity index (χ0n) is 17.9. The second kappa shape index (κ2) is 9.59. The molecule has 1 heterocycles. The molecule has 0 aliphatic carbocycles. The minimum absolute atomic E-state index is 0.146. The number of rotatable bonds is 4. The average molecular weight is 472 g/mol. The molecule has 31 heavy (non-hydrogen) atoms. The SMILES string of the molecule is Cc1ccc(C=C2CN(Cc3ccc(Br)cc3)CC(=Cc3ccc(C)cc3)C2=O)cc1. The molecule has 0 N–H and O–H groups in total. The van der Waals surface area contributed by atoms with Crippen LogP contribution in [-0.4, -0.2) is 23.8 Å². The first-order valence-corrected chi connectivity index (χ1v) is 11.3. The monoisotopic (exact) mass is 471 g/mol. The van der Waals surface area contributed by atoms with Crippen molar-refractivity contribution in [1.82, 2.24) is 4.90 Å². The van der Waals surface area contributed by atoms with Crippen molar-refractivity contribution in [3.05, 3.63) is 116 Å². The Balaban J connectivity index is 1.66. The Morgan fingerprint density at radius 3 is 1.65 bits per heavy atom. The normalized spacial score (nSPS) is 17.5. The molecular weight excluding hydrogens is 446 g/mol. The minimum Gasteiger partial charge on any atom is -0.290 e. The predicted molar refractivity (Wildman–Crippen MR) is 133 cm³/mol. The van der Waals surface area contributed by atoms with Gasteiger partial charge in [0.2, 0.25) is 0 Å². The summed E-state index contributed by atoms with van der Waals surface area (Å²) in [5, 5.41) is 0. The van der Waals surface area contributed by atoms with Crippen LogP contribution < -0.4 is 0 Å². The molecule has 0 spiro atoms. The molecule has 0 saturated carbocycles. The highest BCUT2D eigenvalue weighted by Crippen LogP contribution is 2.24. The molecule has 2 nitrogen and oxygen atoms in total. The van der Waals surface area contributed by atoms with Gasteiger partial charge in [0.05, 0.1) is 0 Å². The lowest BCUT2D eigenvalue weighted by Gasteiger charge is -2.30. The first-order chi connectivity index (χ1) is 15.0. The number of hydrogen-bond acceptors (Lipinski definition) is 2. The van der Waals surface area contributed by atoms with E-state index in [0.717, 1.165) is 33.3 Å². The van der Waals surface area contributed by atoms with E-state index < -0.39 is 0 Å². The summed E-state index contributed by atoms with van der Waals surface area (Å²) >= 11 is 3.51. The number of benzene rings is 3. The summed E-state index contributed by atoms with van der Waals surface area (Å²) in [6, 6.07) is 25.0. The van der Waals surface area contributed by atoms with Gasteiger partial charge in [-0.05, 0) is 54.8 Å². The Bertz CT molecular complexity index is 1060. The van der Waals surface area contributed by atoms with Gasteiger partial charge in [-0.25, -0.2) is 0 Å². The third-order valence-corrected chi connectivity index (χ3v) is 6.06. The van der Waals surface area contributed by atoms with Gasteiger partial charge < -0.3 is 0 Å². The predicted octanol–water partition coefficient (Wildman–Crippen LogP) is 6.62. The van der Waals surface area contributed by atoms with Crippen molar-refractivity contribution in [2.75, 3.05) is 13.1 Å². The van der Waals surface area contributed by atoms with E-state index in [2.05, 4.69) is 107 Å². The quantitative estimate of drug-likeness (QED) is 0.398. The smallest absolute Gasteiger partial charge is 0.187 e. The van der Waals surface area contributed by atoms with E-state index in [0.29, 0.717) is 13.1 Å². The van der Waals surface area contributed by atoms with Crippen LogP contribution >= 0.6 is 15.9 Å². The van der Waals surface area contributed by atoms with E-state index >= 15 is 0 Å². The number of nitrogens with zero attached hydrogens (tertiary/aromatic N) is 1. The lowest BCUT2D eigenvalue weighted by atomic mass is 9.93. The number of piperidine rings is 1. The summed E-state index contributed by atoms with van der Waals surface area (Å²) in [5.74, 6) is 0.146. The summed E-state index contributed by atoms with van der Waals surface area (Å²) in [6.07, 6.45) is 4.08. The number of aryl methyl sites for hydroxylation is 2. The van der Waals surface area contributed by atoms with Gasteiger partial charge in [-0.1, -0.05) is 87.7 Å². The molecule has 0 atom stereocenters. The third kappa shape index (κ3) is 5.69. The van der Waals surface area contributed by atoms with Crippen LogP contribution in [0.4, 0.5) is 0 Å². The third-order valence-electron chi connectivity index (χ3n) is 5.53. The zero-order chi connectivity index (χ0) is 21.8. The summed E-state index contributed by atoms with van der Waals surface area (Å²) in [4.78, 5) is 15.7. The average Bonchev–Trinajstić information content (AvgIpc) is 2.76. The molecule has 0 unspecified atom stereocenters. The number of Topliss-reactive ketones (excluding diaryl/α,β-unsaturated/α-hetero) is 1. The van der Waals surface area contributed by atoms with Gasteiger partial charge in [0.1, 0.15) is 0 Å². The summed E-state index contributed by atoms with van der Waals surface area (Å²) in [7, 11) is 0. The molecule has 1 aliphatic rings. The standard InChI is InChI=1S/C28H26BrNO/c1-20-3-7-22(8-4-20)15-25-18-30(17-24-11-13-27(29)14-12-24)19-26(28(25)31)16-23-9-5-21(2)6-10-23/h3-16H,17-19H2,1-2H3. The Morgan fingerprint density at radius 1 is 0.742 bits per heavy atom. The van der Waals surface area contributed by atoms with Crippen molar-refractivity contribution in [2.24, 2.45) is 0 Å². The topological polar surface area (TPSA) is 20.3 Å². The van der Waals surface area contributed by atoms with Crippen LogP contribution in [0, 0.1) is 13.8 Å². The van der Waals surface area contributed by atoms with Gasteiger partial charge in [0, 0.05) is 35.3 Å².